The molecule has 0 saturated heterocycles. The lowest BCUT2D eigenvalue weighted by Crippen LogP contribution is -2.35. The van der Waals surface area contributed by atoms with Crippen LogP contribution in [0, 0.1) is 5.92 Å². The molecule has 4 heteroatoms. The second-order valence-electron chi connectivity index (χ2n) is 5.76. The molecule has 21 heavy (non-hydrogen) atoms. The summed E-state index contributed by atoms with van der Waals surface area (Å²) in [5.74, 6) is 0.967. The lowest BCUT2D eigenvalue weighted by atomic mass is 9.95. The molecule has 0 radical (unpaired) electrons. The Morgan fingerprint density at radius 1 is 1.29 bits per heavy atom. The van der Waals surface area contributed by atoms with Gasteiger partial charge in [-0.2, -0.15) is 0 Å². The lowest BCUT2D eigenvalue weighted by molar-refractivity contribution is -0.123. The van der Waals surface area contributed by atoms with Crippen LogP contribution >= 0.6 is 0 Å². The molecule has 0 saturated carbocycles. The van der Waals surface area contributed by atoms with Gasteiger partial charge in [-0.05, 0) is 36.5 Å². The zero-order valence-electron chi connectivity index (χ0n) is 13.4. The topological polar surface area (TPSA) is 58.6 Å². The molecule has 0 aromatic heterocycles. The molecule has 4 nitrogen and oxygen atoms in total. The van der Waals surface area contributed by atoms with Crippen molar-refractivity contribution in [3.63, 3.8) is 0 Å². The summed E-state index contributed by atoms with van der Waals surface area (Å²) in [5.41, 5.74) is 0.967. The molecule has 0 aliphatic heterocycles. The second kappa shape index (κ2) is 8.67. The molecule has 1 amide bonds. The van der Waals surface area contributed by atoms with E-state index in [4.69, 9.17) is 4.74 Å². The van der Waals surface area contributed by atoms with Crippen LogP contribution in [0.1, 0.15) is 45.1 Å². The van der Waals surface area contributed by atoms with Crippen molar-refractivity contribution in [2.45, 2.75) is 45.6 Å². The van der Waals surface area contributed by atoms with Gasteiger partial charge in [0.15, 0.2) is 0 Å². The van der Waals surface area contributed by atoms with Crippen molar-refractivity contribution >= 4 is 5.91 Å². The van der Waals surface area contributed by atoms with Gasteiger partial charge in [0.25, 0.3) is 0 Å². The highest BCUT2D eigenvalue weighted by Gasteiger charge is 2.19. The number of hydrogen-bond donors (Lipinski definition) is 2. The van der Waals surface area contributed by atoms with Gasteiger partial charge in [0.05, 0.1) is 19.1 Å². The average molecular weight is 293 g/mol. The fourth-order valence-electron chi connectivity index (χ4n) is 2.38. The molecule has 0 aliphatic rings. The first-order chi connectivity index (χ1) is 9.97. The number of carbonyl (C=O) groups is 1. The molecular weight excluding hydrogens is 266 g/mol. The van der Waals surface area contributed by atoms with Gasteiger partial charge in [-0.3, -0.25) is 4.79 Å². The van der Waals surface area contributed by atoms with E-state index in [1.54, 1.807) is 7.11 Å². The third-order valence-corrected chi connectivity index (χ3v) is 3.50. The number of aliphatic hydroxyl groups is 1. The van der Waals surface area contributed by atoms with Crippen LogP contribution in [0.4, 0.5) is 0 Å². The molecule has 0 aliphatic carbocycles. The van der Waals surface area contributed by atoms with Gasteiger partial charge in [-0.1, -0.05) is 32.9 Å². The minimum Gasteiger partial charge on any atom is -0.497 e. The second-order valence-corrected chi connectivity index (χ2v) is 5.76. The van der Waals surface area contributed by atoms with E-state index in [1.165, 1.54) is 0 Å². The Hall–Kier alpha value is -1.55. The quantitative estimate of drug-likeness (QED) is 0.775. The van der Waals surface area contributed by atoms with Crippen LogP contribution in [-0.4, -0.2) is 30.8 Å². The lowest BCUT2D eigenvalue weighted by Gasteiger charge is -2.18. The normalized spacial score (nSPS) is 13.8. The molecule has 1 rings (SSSR count). The summed E-state index contributed by atoms with van der Waals surface area (Å²) in [6.07, 6.45) is 0.931. The number of aliphatic hydroxyl groups excluding tert-OH is 1. The maximum Gasteiger partial charge on any atom is 0.227 e. The Balaban J connectivity index is 2.60. The molecule has 1 aromatic carbocycles. The van der Waals surface area contributed by atoms with Gasteiger partial charge < -0.3 is 15.2 Å². The van der Waals surface area contributed by atoms with Crippen LogP contribution in [0.15, 0.2) is 24.3 Å². The summed E-state index contributed by atoms with van der Waals surface area (Å²) in [6.45, 7) is 6.40. The van der Waals surface area contributed by atoms with Gasteiger partial charge in [-0.25, -0.2) is 0 Å². The number of benzene rings is 1. The monoisotopic (exact) mass is 293 g/mol. The predicted molar refractivity (Wildman–Crippen MR) is 84.5 cm³/mol. The summed E-state index contributed by atoms with van der Waals surface area (Å²) in [4.78, 5) is 12.3. The molecule has 0 heterocycles. The Bertz CT molecular complexity index is 428. The molecule has 118 valence electrons. The van der Waals surface area contributed by atoms with Crippen LogP contribution in [0.25, 0.3) is 0 Å². The van der Waals surface area contributed by atoms with Gasteiger partial charge in [0, 0.05) is 6.54 Å². The number of methoxy groups -OCH3 is 1. The highest BCUT2D eigenvalue weighted by molar-refractivity contribution is 5.83. The molecule has 0 fully saturated rings. The summed E-state index contributed by atoms with van der Waals surface area (Å²) >= 11 is 0. The molecular formula is C17H27NO3. The van der Waals surface area contributed by atoms with Crippen LogP contribution < -0.4 is 10.1 Å². The number of carbonyl (C=O) groups excluding carboxylic acids is 1. The van der Waals surface area contributed by atoms with E-state index in [1.807, 2.05) is 31.2 Å². The number of rotatable bonds is 8. The fraction of sp³-hybridized carbons (Fsp3) is 0.588. The van der Waals surface area contributed by atoms with Crippen LogP contribution in [0.2, 0.25) is 0 Å². The van der Waals surface area contributed by atoms with Gasteiger partial charge in [0.2, 0.25) is 5.91 Å². The van der Waals surface area contributed by atoms with E-state index < -0.39 is 6.10 Å². The molecule has 1 aromatic rings. The van der Waals surface area contributed by atoms with Gasteiger partial charge >= 0.3 is 0 Å². The highest BCUT2D eigenvalue weighted by Crippen LogP contribution is 2.22. The maximum absolute atomic E-state index is 12.3. The molecule has 0 bridgehead atoms. The third kappa shape index (κ3) is 5.76. The highest BCUT2D eigenvalue weighted by atomic mass is 16.5. The summed E-state index contributed by atoms with van der Waals surface area (Å²) < 4.78 is 5.13. The number of ether oxygens (including phenoxy) is 1. The van der Waals surface area contributed by atoms with Crippen molar-refractivity contribution in [1.82, 2.24) is 5.32 Å². The van der Waals surface area contributed by atoms with Crippen molar-refractivity contribution in [3.8, 4) is 5.75 Å². The first-order valence-electron chi connectivity index (χ1n) is 7.57. The summed E-state index contributed by atoms with van der Waals surface area (Å²) in [7, 11) is 1.62. The van der Waals surface area contributed by atoms with E-state index in [9.17, 15) is 9.90 Å². The van der Waals surface area contributed by atoms with Crippen molar-refractivity contribution in [2.24, 2.45) is 5.92 Å². The van der Waals surface area contributed by atoms with E-state index in [0.717, 1.165) is 17.7 Å². The first-order valence-corrected chi connectivity index (χ1v) is 7.57. The van der Waals surface area contributed by atoms with Gasteiger partial charge in [0.1, 0.15) is 5.75 Å². The zero-order chi connectivity index (χ0) is 15.8. The van der Waals surface area contributed by atoms with Crippen LogP contribution in [0.3, 0.4) is 0 Å². The summed E-state index contributed by atoms with van der Waals surface area (Å²) in [5, 5.41) is 12.7. The number of hydrogen-bond acceptors (Lipinski definition) is 3. The smallest absolute Gasteiger partial charge is 0.227 e. The Morgan fingerprint density at radius 2 is 1.90 bits per heavy atom. The third-order valence-electron chi connectivity index (χ3n) is 3.50. The minimum atomic E-state index is -0.484. The predicted octanol–water partition coefficient (Wildman–Crippen LogP) is 2.71. The van der Waals surface area contributed by atoms with Crippen molar-refractivity contribution < 1.29 is 14.6 Å². The largest absolute Gasteiger partial charge is 0.497 e. The Morgan fingerprint density at radius 3 is 2.38 bits per heavy atom. The maximum atomic E-state index is 12.3. The zero-order valence-corrected chi connectivity index (χ0v) is 13.4. The standard InChI is InChI=1S/C17H27NO3/c1-5-16(13-6-8-15(21-4)9-7-13)17(20)18-11-14(19)10-12(2)3/h6-9,12,14,16,19H,5,10-11H2,1-4H3,(H,18,20). The molecule has 2 N–H and O–H groups in total. The van der Waals surface area contributed by atoms with E-state index in [2.05, 4.69) is 19.2 Å². The van der Waals surface area contributed by atoms with E-state index in [0.29, 0.717) is 18.9 Å². The van der Waals surface area contributed by atoms with Crippen molar-refractivity contribution in [3.05, 3.63) is 29.8 Å². The van der Waals surface area contributed by atoms with E-state index >= 15 is 0 Å². The fourth-order valence-corrected chi connectivity index (χ4v) is 2.38. The van der Waals surface area contributed by atoms with Crippen molar-refractivity contribution in [1.29, 1.82) is 0 Å². The Kier molecular flexibility index (Phi) is 7.23. The van der Waals surface area contributed by atoms with E-state index in [-0.39, 0.29) is 11.8 Å². The number of amides is 1. The van der Waals surface area contributed by atoms with Crippen LogP contribution in [-0.2, 0) is 4.79 Å². The van der Waals surface area contributed by atoms with Crippen LogP contribution in [0.5, 0.6) is 5.75 Å². The van der Waals surface area contributed by atoms with Gasteiger partial charge in [-0.15, -0.1) is 0 Å². The first kappa shape index (κ1) is 17.5. The Labute approximate surface area is 127 Å². The SMILES string of the molecule is CCC(C(=O)NCC(O)CC(C)C)c1ccc(OC)cc1. The molecule has 2 unspecified atom stereocenters. The number of nitrogens with one attached hydrogen (secondary N) is 1. The van der Waals surface area contributed by atoms with Crippen molar-refractivity contribution in [2.75, 3.05) is 13.7 Å². The minimum absolute atomic E-state index is 0.0366. The summed E-state index contributed by atoms with van der Waals surface area (Å²) in [6, 6.07) is 7.55. The average Bonchev–Trinajstić information content (AvgIpc) is 2.46. The molecule has 0 spiro atoms. The molecule has 2 atom stereocenters.